The normalized spacial score (nSPS) is 18.4. The van der Waals surface area contributed by atoms with Gasteiger partial charge in [-0.3, -0.25) is 9.59 Å². The lowest BCUT2D eigenvalue weighted by molar-refractivity contribution is -0.152. The van der Waals surface area contributed by atoms with Crippen LogP contribution in [-0.2, 0) is 14.3 Å². The molecule has 3 rings (SSSR count). The van der Waals surface area contributed by atoms with E-state index in [-0.39, 0.29) is 5.91 Å². The fourth-order valence-corrected chi connectivity index (χ4v) is 4.69. The van der Waals surface area contributed by atoms with E-state index in [1.807, 2.05) is 61.5 Å². The number of rotatable bonds is 7. The fraction of sp³-hybridized carbons (Fsp3) is 0.391. The molecule has 2 aromatic carbocycles. The molecule has 0 spiro atoms. The molecule has 2 atom stereocenters. The molecule has 0 aromatic heterocycles. The summed E-state index contributed by atoms with van der Waals surface area (Å²) in [6, 6.07) is 13.2. The maximum Gasteiger partial charge on any atom is 0.303 e. The van der Waals surface area contributed by atoms with Crippen LogP contribution in [0.1, 0.15) is 17.7 Å². The maximum atomic E-state index is 13.7. The molecule has 0 N–H and O–H groups in total. The number of likely N-dealkylation sites (N-methyl/N-ethyl adjacent to an activating group) is 1. The second-order valence-electron chi connectivity index (χ2n) is 7.47. The number of ether oxygens (including phenoxy) is 3. The lowest BCUT2D eigenvalue weighted by Crippen LogP contribution is -2.45. The van der Waals surface area contributed by atoms with E-state index in [0.717, 1.165) is 21.9 Å². The standard InChI is InChI=1S/C23H28N2O5S/c1-15(26)30-21-22(16-6-8-17(28-4)9-7-16)31-20-11-10-18(29-5)14-19(20)25(23(21)27)13-12-24(2)3/h6-11,14,21-22H,12-13H2,1-5H3/t21-,22+/m0/s1. The minimum atomic E-state index is -0.962. The largest absolute Gasteiger partial charge is 0.497 e. The minimum Gasteiger partial charge on any atom is -0.497 e. The molecule has 166 valence electrons. The quantitative estimate of drug-likeness (QED) is 0.607. The van der Waals surface area contributed by atoms with Gasteiger partial charge in [0.15, 0.2) is 6.10 Å². The fourth-order valence-electron chi connectivity index (χ4n) is 3.39. The lowest BCUT2D eigenvalue weighted by Gasteiger charge is -2.28. The zero-order valence-corrected chi connectivity index (χ0v) is 19.3. The average Bonchev–Trinajstić information content (AvgIpc) is 2.86. The lowest BCUT2D eigenvalue weighted by atomic mass is 10.1. The highest BCUT2D eigenvalue weighted by atomic mass is 32.2. The van der Waals surface area contributed by atoms with Crippen molar-refractivity contribution in [2.45, 2.75) is 23.2 Å². The van der Waals surface area contributed by atoms with Gasteiger partial charge in [-0.2, -0.15) is 0 Å². The van der Waals surface area contributed by atoms with Crippen molar-refractivity contribution in [2.24, 2.45) is 0 Å². The molecule has 7 nitrogen and oxygen atoms in total. The van der Waals surface area contributed by atoms with E-state index in [1.165, 1.54) is 18.7 Å². The summed E-state index contributed by atoms with van der Waals surface area (Å²) in [5.74, 6) is 0.635. The Morgan fingerprint density at radius 1 is 1.06 bits per heavy atom. The van der Waals surface area contributed by atoms with Gasteiger partial charge in [0, 0.05) is 31.0 Å². The van der Waals surface area contributed by atoms with Crippen LogP contribution in [0.25, 0.3) is 0 Å². The Hall–Kier alpha value is -2.71. The van der Waals surface area contributed by atoms with Gasteiger partial charge < -0.3 is 24.0 Å². The van der Waals surface area contributed by atoms with Gasteiger partial charge in [0.05, 0.1) is 25.2 Å². The first-order valence-corrected chi connectivity index (χ1v) is 10.8. The third-order valence-corrected chi connectivity index (χ3v) is 6.38. The Morgan fingerprint density at radius 2 is 1.71 bits per heavy atom. The van der Waals surface area contributed by atoms with Crippen LogP contribution in [-0.4, -0.2) is 64.3 Å². The maximum absolute atomic E-state index is 13.7. The Bertz CT molecular complexity index is 932. The molecule has 0 bridgehead atoms. The summed E-state index contributed by atoms with van der Waals surface area (Å²) in [4.78, 5) is 30.3. The van der Waals surface area contributed by atoms with E-state index < -0.39 is 17.3 Å². The summed E-state index contributed by atoms with van der Waals surface area (Å²) in [6.07, 6.45) is -0.962. The predicted octanol–water partition coefficient (Wildman–Crippen LogP) is 3.38. The molecule has 31 heavy (non-hydrogen) atoms. The van der Waals surface area contributed by atoms with Crippen LogP contribution >= 0.6 is 11.8 Å². The first kappa shape index (κ1) is 23.0. The van der Waals surface area contributed by atoms with Gasteiger partial charge in [0.2, 0.25) is 0 Å². The van der Waals surface area contributed by atoms with Gasteiger partial charge in [0.1, 0.15) is 11.5 Å². The monoisotopic (exact) mass is 444 g/mol. The van der Waals surface area contributed by atoms with Crippen molar-refractivity contribution in [3.63, 3.8) is 0 Å². The second-order valence-corrected chi connectivity index (χ2v) is 8.65. The smallest absolute Gasteiger partial charge is 0.303 e. The first-order valence-electron chi connectivity index (χ1n) is 9.96. The Morgan fingerprint density at radius 3 is 2.29 bits per heavy atom. The van der Waals surface area contributed by atoms with Crippen molar-refractivity contribution in [3.8, 4) is 11.5 Å². The molecule has 8 heteroatoms. The summed E-state index contributed by atoms with van der Waals surface area (Å²) in [5, 5.41) is -0.404. The van der Waals surface area contributed by atoms with Crippen LogP contribution in [0, 0.1) is 0 Å². The number of amides is 1. The van der Waals surface area contributed by atoms with Gasteiger partial charge in [0.25, 0.3) is 5.91 Å². The van der Waals surface area contributed by atoms with Crippen LogP contribution in [0.15, 0.2) is 47.4 Å². The number of esters is 1. The third kappa shape index (κ3) is 5.32. The molecule has 0 radical (unpaired) electrons. The predicted molar refractivity (Wildman–Crippen MR) is 121 cm³/mol. The van der Waals surface area contributed by atoms with Gasteiger partial charge >= 0.3 is 5.97 Å². The molecular weight excluding hydrogens is 416 g/mol. The molecule has 0 saturated carbocycles. The number of carbonyl (C=O) groups excluding carboxylic acids is 2. The van der Waals surface area contributed by atoms with Crippen LogP contribution in [0.3, 0.4) is 0 Å². The number of nitrogens with zero attached hydrogens (tertiary/aromatic N) is 2. The zero-order valence-electron chi connectivity index (χ0n) is 18.5. The molecule has 0 saturated heterocycles. The zero-order chi connectivity index (χ0) is 22.5. The van der Waals surface area contributed by atoms with Gasteiger partial charge in [-0.05, 0) is 43.9 Å². The number of fused-ring (bicyclic) bond motifs is 1. The number of hydrogen-bond acceptors (Lipinski definition) is 7. The van der Waals surface area contributed by atoms with Crippen molar-refractivity contribution in [2.75, 3.05) is 46.3 Å². The molecular formula is C23H28N2O5S. The van der Waals surface area contributed by atoms with Crippen molar-refractivity contribution in [3.05, 3.63) is 48.0 Å². The number of hydrogen-bond donors (Lipinski definition) is 0. The molecule has 0 fully saturated rings. The highest BCUT2D eigenvalue weighted by Crippen LogP contribution is 2.47. The van der Waals surface area contributed by atoms with Gasteiger partial charge in [-0.1, -0.05) is 12.1 Å². The second kappa shape index (κ2) is 10.1. The van der Waals surface area contributed by atoms with Gasteiger partial charge in [-0.25, -0.2) is 0 Å². The summed E-state index contributed by atoms with van der Waals surface area (Å²) >= 11 is 1.51. The van der Waals surface area contributed by atoms with Crippen molar-refractivity contribution >= 4 is 29.3 Å². The van der Waals surface area contributed by atoms with E-state index in [1.54, 1.807) is 19.1 Å². The van der Waals surface area contributed by atoms with Crippen LogP contribution < -0.4 is 14.4 Å². The van der Waals surface area contributed by atoms with Crippen molar-refractivity contribution in [1.29, 1.82) is 0 Å². The molecule has 2 aromatic rings. The van der Waals surface area contributed by atoms with E-state index >= 15 is 0 Å². The average molecular weight is 445 g/mol. The van der Waals surface area contributed by atoms with Crippen LogP contribution in [0.4, 0.5) is 5.69 Å². The van der Waals surface area contributed by atoms with E-state index in [9.17, 15) is 9.59 Å². The van der Waals surface area contributed by atoms with Gasteiger partial charge in [-0.15, -0.1) is 11.8 Å². The van der Waals surface area contributed by atoms with Crippen LogP contribution in [0.5, 0.6) is 11.5 Å². The number of methoxy groups -OCH3 is 2. The van der Waals surface area contributed by atoms with E-state index in [0.29, 0.717) is 18.8 Å². The highest BCUT2D eigenvalue weighted by molar-refractivity contribution is 7.99. The van der Waals surface area contributed by atoms with Crippen molar-refractivity contribution in [1.82, 2.24) is 4.90 Å². The Balaban J connectivity index is 2.10. The molecule has 1 aliphatic rings. The summed E-state index contributed by atoms with van der Waals surface area (Å²) in [6.45, 7) is 2.45. The molecule has 1 aliphatic heterocycles. The minimum absolute atomic E-state index is 0.252. The number of benzene rings is 2. The highest BCUT2D eigenvalue weighted by Gasteiger charge is 2.41. The molecule has 0 unspecified atom stereocenters. The summed E-state index contributed by atoms with van der Waals surface area (Å²) in [5.41, 5.74) is 1.63. The third-order valence-electron chi connectivity index (χ3n) is 5.00. The summed E-state index contributed by atoms with van der Waals surface area (Å²) < 4.78 is 16.3. The number of anilines is 1. The first-order chi connectivity index (χ1) is 14.8. The SMILES string of the molecule is COc1ccc([C@H]2Sc3ccc(OC)cc3N(CCN(C)C)C(=O)[C@H]2OC(C)=O)cc1. The number of thioether (sulfide) groups is 1. The Kier molecular flexibility index (Phi) is 7.46. The molecule has 1 heterocycles. The molecule has 1 amide bonds. The molecule has 0 aliphatic carbocycles. The van der Waals surface area contributed by atoms with E-state index in [4.69, 9.17) is 14.2 Å². The van der Waals surface area contributed by atoms with E-state index in [2.05, 4.69) is 0 Å². The Labute approximate surface area is 187 Å². The summed E-state index contributed by atoms with van der Waals surface area (Å²) in [7, 11) is 7.10. The van der Waals surface area contributed by atoms with Crippen molar-refractivity contribution < 1.29 is 23.8 Å². The topological polar surface area (TPSA) is 68.3 Å². The number of carbonyl (C=O) groups is 2. The van der Waals surface area contributed by atoms with Crippen LogP contribution in [0.2, 0.25) is 0 Å².